The van der Waals surface area contributed by atoms with E-state index in [1.165, 1.54) is 30.4 Å². The van der Waals surface area contributed by atoms with Crippen LogP contribution in [0.4, 0.5) is 0 Å². The van der Waals surface area contributed by atoms with Gasteiger partial charge in [-0.05, 0) is 106 Å². The smallest absolute Gasteiger partial charge is 0.338 e. The quantitative estimate of drug-likeness (QED) is 0.720. The van der Waals surface area contributed by atoms with E-state index in [1.807, 2.05) is 39.0 Å². The fraction of sp³-hybridized carbons (Fsp3) is 0.480. The van der Waals surface area contributed by atoms with Crippen LogP contribution in [0.2, 0.25) is 0 Å². The van der Waals surface area contributed by atoms with Gasteiger partial charge in [0.05, 0.1) is 5.56 Å². The highest BCUT2D eigenvalue weighted by atomic mass is 16.6. The maximum Gasteiger partial charge on any atom is 0.338 e. The standard InChI is InChI=1S/C25H31NO2/c1-17-5-6-20(23(27)28-24(2,3)4)15-21(17)18-7-9-19(10-8-18)22-16-25(22)11-13-26-14-12-25/h5-10,15,22,26H,11-14,16H2,1-4H3/t22-/m1/s1. The first-order valence-corrected chi connectivity index (χ1v) is 10.4. The fourth-order valence-corrected chi connectivity index (χ4v) is 4.59. The zero-order chi connectivity index (χ0) is 19.9. The van der Waals surface area contributed by atoms with Crippen molar-refractivity contribution in [3.63, 3.8) is 0 Å². The van der Waals surface area contributed by atoms with Crippen molar-refractivity contribution in [2.45, 2.75) is 58.5 Å². The average Bonchev–Trinajstić information content (AvgIpc) is 3.34. The lowest BCUT2D eigenvalue weighted by Gasteiger charge is -2.23. The number of carbonyl (C=O) groups excluding carboxylic acids is 1. The molecule has 0 radical (unpaired) electrons. The Bertz CT molecular complexity index is 870. The third kappa shape index (κ3) is 3.86. The number of ether oxygens (including phenoxy) is 1. The molecule has 2 fully saturated rings. The van der Waals surface area contributed by atoms with Gasteiger partial charge in [-0.2, -0.15) is 0 Å². The molecule has 148 valence electrons. The molecule has 1 atom stereocenters. The third-order valence-electron chi connectivity index (χ3n) is 6.29. The highest BCUT2D eigenvalue weighted by Gasteiger charge is 2.54. The zero-order valence-electron chi connectivity index (χ0n) is 17.5. The number of nitrogens with one attached hydrogen (secondary N) is 1. The van der Waals surface area contributed by atoms with E-state index in [-0.39, 0.29) is 5.97 Å². The summed E-state index contributed by atoms with van der Waals surface area (Å²) in [5.74, 6) is 0.453. The van der Waals surface area contributed by atoms with E-state index in [2.05, 4.69) is 36.5 Å². The molecular weight excluding hydrogens is 346 g/mol. The van der Waals surface area contributed by atoms with Crippen LogP contribution in [-0.4, -0.2) is 24.7 Å². The number of hydrogen-bond donors (Lipinski definition) is 1. The number of carbonyl (C=O) groups is 1. The van der Waals surface area contributed by atoms with Crippen LogP contribution in [0.5, 0.6) is 0 Å². The lowest BCUT2D eigenvalue weighted by Crippen LogP contribution is -2.29. The summed E-state index contributed by atoms with van der Waals surface area (Å²) >= 11 is 0. The maximum absolute atomic E-state index is 12.5. The Morgan fingerprint density at radius 1 is 1.07 bits per heavy atom. The van der Waals surface area contributed by atoms with E-state index in [0.29, 0.717) is 11.0 Å². The molecule has 0 amide bonds. The van der Waals surface area contributed by atoms with Crippen molar-refractivity contribution in [3.8, 4) is 11.1 Å². The van der Waals surface area contributed by atoms with E-state index >= 15 is 0 Å². The summed E-state index contributed by atoms with van der Waals surface area (Å²) in [6, 6.07) is 14.8. The van der Waals surface area contributed by atoms with Crippen molar-refractivity contribution < 1.29 is 9.53 Å². The van der Waals surface area contributed by atoms with Gasteiger partial charge in [0.2, 0.25) is 0 Å². The van der Waals surface area contributed by atoms with E-state index in [4.69, 9.17) is 4.74 Å². The van der Waals surface area contributed by atoms with E-state index in [0.717, 1.165) is 30.1 Å². The predicted octanol–water partition coefficient (Wildman–Crippen LogP) is 5.47. The normalized spacial score (nSPS) is 20.8. The number of benzene rings is 2. The summed E-state index contributed by atoms with van der Waals surface area (Å²) in [6.07, 6.45) is 3.94. The molecule has 0 unspecified atom stereocenters. The minimum absolute atomic E-state index is 0.267. The lowest BCUT2D eigenvalue weighted by molar-refractivity contribution is 0.00696. The Morgan fingerprint density at radius 3 is 2.39 bits per heavy atom. The van der Waals surface area contributed by atoms with Crippen molar-refractivity contribution in [2.75, 3.05) is 13.1 Å². The van der Waals surface area contributed by atoms with Crippen LogP contribution in [0.25, 0.3) is 11.1 Å². The number of aryl methyl sites for hydroxylation is 1. The third-order valence-corrected chi connectivity index (χ3v) is 6.29. The first-order chi connectivity index (χ1) is 13.3. The zero-order valence-corrected chi connectivity index (χ0v) is 17.5. The largest absolute Gasteiger partial charge is 0.456 e. The Kier molecular flexibility index (Phi) is 4.83. The second-order valence-corrected chi connectivity index (χ2v) is 9.52. The number of rotatable bonds is 3. The molecule has 1 heterocycles. The number of esters is 1. The maximum atomic E-state index is 12.5. The topological polar surface area (TPSA) is 38.3 Å². The monoisotopic (exact) mass is 377 g/mol. The van der Waals surface area contributed by atoms with E-state index in [9.17, 15) is 4.79 Å². The number of piperidine rings is 1. The molecule has 1 saturated carbocycles. The Balaban J connectivity index is 1.54. The average molecular weight is 378 g/mol. The molecule has 0 bridgehead atoms. The van der Waals surface area contributed by atoms with Crippen LogP contribution in [0.15, 0.2) is 42.5 Å². The van der Waals surface area contributed by atoms with Gasteiger partial charge in [0.1, 0.15) is 5.60 Å². The molecule has 1 spiro atoms. The molecule has 2 aromatic carbocycles. The van der Waals surface area contributed by atoms with Gasteiger partial charge in [-0.3, -0.25) is 0 Å². The first-order valence-electron chi connectivity index (χ1n) is 10.4. The molecule has 3 nitrogen and oxygen atoms in total. The molecule has 3 heteroatoms. The second-order valence-electron chi connectivity index (χ2n) is 9.52. The molecule has 4 rings (SSSR count). The van der Waals surface area contributed by atoms with Gasteiger partial charge in [0.15, 0.2) is 0 Å². The molecule has 1 saturated heterocycles. The molecule has 1 aliphatic carbocycles. The van der Waals surface area contributed by atoms with Crippen molar-refractivity contribution >= 4 is 5.97 Å². The van der Waals surface area contributed by atoms with Gasteiger partial charge in [-0.25, -0.2) is 4.79 Å². The highest BCUT2D eigenvalue weighted by molar-refractivity contribution is 5.91. The molecule has 28 heavy (non-hydrogen) atoms. The Hall–Kier alpha value is -2.13. The highest BCUT2D eigenvalue weighted by Crippen LogP contribution is 2.64. The van der Waals surface area contributed by atoms with Gasteiger partial charge in [-0.1, -0.05) is 30.3 Å². The first kappa shape index (κ1) is 19.2. The SMILES string of the molecule is Cc1ccc(C(=O)OC(C)(C)C)cc1-c1ccc([C@H]2CC23CCNCC3)cc1. The predicted molar refractivity (Wildman–Crippen MR) is 114 cm³/mol. The summed E-state index contributed by atoms with van der Waals surface area (Å²) in [6.45, 7) is 10.1. The summed E-state index contributed by atoms with van der Waals surface area (Å²) < 4.78 is 5.53. The summed E-state index contributed by atoms with van der Waals surface area (Å²) in [4.78, 5) is 12.5. The van der Waals surface area contributed by atoms with Crippen LogP contribution in [0.1, 0.15) is 67.4 Å². The summed E-state index contributed by atoms with van der Waals surface area (Å²) in [5, 5.41) is 3.48. The van der Waals surface area contributed by atoms with Crippen molar-refractivity contribution in [3.05, 3.63) is 59.2 Å². The fourth-order valence-electron chi connectivity index (χ4n) is 4.59. The molecule has 1 N–H and O–H groups in total. The van der Waals surface area contributed by atoms with Crippen LogP contribution in [0.3, 0.4) is 0 Å². The van der Waals surface area contributed by atoms with Gasteiger partial charge in [0.25, 0.3) is 0 Å². The molecule has 2 aliphatic rings. The minimum atomic E-state index is -0.487. The second kappa shape index (κ2) is 7.04. The van der Waals surface area contributed by atoms with Crippen LogP contribution in [-0.2, 0) is 4.74 Å². The van der Waals surface area contributed by atoms with Crippen LogP contribution in [0, 0.1) is 12.3 Å². The van der Waals surface area contributed by atoms with Crippen molar-refractivity contribution in [1.82, 2.24) is 5.32 Å². The van der Waals surface area contributed by atoms with Crippen molar-refractivity contribution in [1.29, 1.82) is 0 Å². The van der Waals surface area contributed by atoms with Crippen LogP contribution < -0.4 is 5.32 Å². The molecule has 0 aromatic heterocycles. The molecule has 2 aromatic rings. The molecular formula is C25H31NO2. The van der Waals surface area contributed by atoms with Gasteiger partial charge >= 0.3 is 5.97 Å². The van der Waals surface area contributed by atoms with E-state index < -0.39 is 5.60 Å². The van der Waals surface area contributed by atoms with Gasteiger partial charge in [0, 0.05) is 0 Å². The summed E-state index contributed by atoms with van der Waals surface area (Å²) in [5.41, 5.74) is 5.56. The Labute approximate surface area is 168 Å². The van der Waals surface area contributed by atoms with Gasteiger partial charge < -0.3 is 10.1 Å². The number of hydrogen-bond acceptors (Lipinski definition) is 3. The lowest BCUT2D eigenvalue weighted by atomic mass is 9.89. The van der Waals surface area contributed by atoms with Gasteiger partial charge in [-0.15, -0.1) is 0 Å². The van der Waals surface area contributed by atoms with Crippen LogP contribution >= 0.6 is 0 Å². The molecule has 1 aliphatic heterocycles. The van der Waals surface area contributed by atoms with Crippen molar-refractivity contribution in [2.24, 2.45) is 5.41 Å². The van der Waals surface area contributed by atoms with E-state index in [1.54, 1.807) is 0 Å². The minimum Gasteiger partial charge on any atom is -0.456 e. The summed E-state index contributed by atoms with van der Waals surface area (Å²) in [7, 11) is 0. The Morgan fingerprint density at radius 2 is 1.75 bits per heavy atom.